The molecule has 4 nitrogen and oxygen atoms in total. The zero-order chi connectivity index (χ0) is 14.2. The van der Waals surface area contributed by atoms with Gasteiger partial charge in [0.1, 0.15) is 5.75 Å². The van der Waals surface area contributed by atoms with Crippen LogP contribution in [0.3, 0.4) is 0 Å². The Morgan fingerprint density at radius 3 is 3.05 bits per heavy atom. The Morgan fingerprint density at radius 2 is 2.25 bits per heavy atom. The largest absolute Gasteiger partial charge is 0.494 e. The molecule has 20 heavy (non-hydrogen) atoms. The van der Waals surface area contributed by atoms with Crippen LogP contribution >= 0.6 is 23.1 Å². The Morgan fingerprint density at radius 1 is 1.40 bits per heavy atom. The minimum Gasteiger partial charge on any atom is -0.494 e. The molecule has 106 valence electrons. The fourth-order valence-corrected chi connectivity index (χ4v) is 3.31. The molecule has 2 aromatic rings. The van der Waals surface area contributed by atoms with Crippen LogP contribution in [-0.4, -0.2) is 23.3 Å². The smallest absolute Gasteiger partial charge is 0.206 e. The molecule has 0 aliphatic heterocycles. The lowest BCUT2D eigenvalue weighted by Crippen LogP contribution is -1.96. The SMILES string of the molecule is C=CCNc1nnc(SCc2ccccc2OCC)s1. The number of thioether (sulfide) groups is 1. The van der Waals surface area contributed by atoms with E-state index in [-0.39, 0.29) is 0 Å². The molecule has 0 spiro atoms. The lowest BCUT2D eigenvalue weighted by Gasteiger charge is -2.08. The minimum atomic E-state index is 0.677. The third-order valence-electron chi connectivity index (χ3n) is 2.43. The number of para-hydroxylation sites is 1. The van der Waals surface area contributed by atoms with Crippen LogP contribution in [0, 0.1) is 0 Å². The van der Waals surface area contributed by atoms with Crippen molar-refractivity contribution in [3.05, 3.63) is 42.5 Å². The molecule has 0 saturated carbocycles. The number of nitrogens with one attached hydrogen (secondary N) is 1. The summed E-state index contributed by atoms with van der Waals surface area (Å²) in [5.74, 6) is 1.77. The van der Waals surface area contributed by atoms with Crippen molar-refractivity contribution in [2.75, 3.05) is 18.5 Å². The first-order valence-electron chi connectivity index (χ1n) is 6.35. The Labute approximate surface area is 127 Å². The van der Waals surface area contributed by atoms with Crippen LogP contribution in [0.5, 0.6) is 5.75 Å². The van der Waals surface area contributed by atoms with Gasteiger partial charge in [0.05, 0.1) is 6.61 Å². The van der Waals surface area contributed by atoms with Gasteiger partial charge in [0.15, 0.2) is 4.34 Å². The Hall–Kier alpha value is -1.53. The van der Waals surface area contributed by atoms with E-state index in [1.165, 1.54) is 5.56 Å². The summed E-state index contributed by atoms with van der Waals surface area (Å²) in [7, 11) is 0. The quantitative estimate of drug-likeness (QED) is 0.593. The van der Waals surface area contributed by atoms with Gasteiger partial charge >= 0.3 is 0 Å². The molecule has 0 amide bonds. The summed E-state index contributed by atoms with van der Waals surface area (Å²) >= 11 is 3.22. The van der Waals surface area contributed by atoms with Crippen molar-refractivity contribution in [1.82, 2.24) is 10.2 Å². The molecule has 0 saturated heterocycles. The molecule has 0 aliphatic rings. The first kappa shape index (κ1) is 14.9. The summed E-state index contributed by atoms with van der Waals surface area (Å²) in [6.07, 6.45) is 1.80. The summed E-state index contributed by atoms with van der Waals surface area (Å²) in [5, 5.41) is 12.2. The molecule has 0 fully saturated rings. The summed E-state index contributed by atoms with van der Waals surface area (Å²) in [5.41, 5.74) is 1.18. The molecule has 1 aromatic heterocycles. The maximum absolute atomic E-state index is 5.61. The number of rotatable bonds is 8. The number of aromatic nitrogens is 2. The van der Waals surface area contributed by atoms with Crippen molar-refractivity contribution in [3.63, 3.8) is 0 Å². The summed E-state index contributed by atoms with van der Waals surface area (Å²) in [4.78, 5) is 0. The van der Waals surface area contributed by atoms with Crippen molar-refractivity contribution in [2.45, 2.75) is 17.0 Å². The monoisotopic (exact) mass is 307 g/mol. The topological polar surface area (TPSA) is 47.0 Å². The number of hydrogen-bond donors (Lipinski definition) is 1. The predicted octanol–water partition coefficient (Wildman–Crippen LogP) is 3.83. The summed E-state index contributed by atoms with van der Waals surface area (Å²) in [6.45, 7) is 7.03. The van der Waals surface area contributed by atoms with Crippen LogP contribution in [0.4, 0.5) is 5.13 Å². The standard InChI is InChI=1S/C14H17N3OS2/c1-3-9-15-13-16-17-14(20-13)19-10-11-7-5-6-8-12(11)18-4-2/h3,5-8H,1,4,9-10H2,2H3,(H,15,16). The molecule has 2 rings (SSSR count). The third kappa shape index (κ3) is 4.25. The van der Waals surface area contributed by atoms with Gasteiger partial charge < -0.3 is 10.1 Å². The van der Waals surface area contributed by atoms with Gasteiger partial charge in [-0.15, -0.1) is 16.8 Å². The number of benzene rings is 1. The van der Waals surface area contributed by atoms with Gasteiger partial charge in [0.2, 0.25) is 5.13 Å². The normalized spacial score (nSPS) is 10.2. The van der Waals surface area contributed by atoms with Gasteiger partial charge in [-0.25, -0.2) is 0 Å². The molecule has 6 heteroatoms. The average molecular weight is 307 g/mol. The second-order valence-corrected chi connectivity index (χ2v) is 6.07. The van der Waals surface area contributed by atoms with Gasteiger partial charge in [-0.05, 0) is 13.0 Å². The highest BCUT2D eigenvalue weighted by Crippen LogP contribution is 2.31. The first-order chi connectivity index (χ1) is 9.83. The highest BCUT2D eigenvalue weighted by Gasteiger charge is 2.07. The van der Waals surface area contributed by atoms with E-state index in [1.807, 2.05) is 25.1 Å². The zero-order valence-corrected chi connectivity index (χ0v) is 13.0. The number of anilines is 1. The predicted molar refractivity (Wildman–Crippen MR) is 85.8 cm³/mol. The van der Waals surface area contributed by atoms with E-state index in [0.29, 0.717) is 13.2 Å². The molecule has 0 bridgehead atoms. The fraction of sp³-hybridized carbons (Fsp3) is 0.286. The Balaban J connectivity index is 1.94. The van der Waals surface area contributed by atoms with Gasteiger partial charge in [-0.2, -0.15) is 0 Å². The average Bonchev–Trinajstić information content (AvgIpc) is 2.92. The van der Waals surface area contributed by atoms with Crippen molar-refractivity contribution >= 4 is 28.2 Å². The van der Waals surface area contributed by atoms with Crippen molar-refractivity contribution in [2.24, 2.45) is 0 Å². The maximum Gasteiger partial charge on any atom is 0.206 e. The second kappa shape index (κ2) is 7.91. The summed E-state index contributed by atoms with van der Waals surface area (Å²) in [6, 6.07) is 8.09. The molecule has 0 atom stereocenters. The molecule has 0 radical (unpaired) electrons. The second-order valence-electron chi connectivity index (χ2n) is 3.87. The molecule has 0 unspecified atom stereocenters. The van der Waals surface area contributed by atoms with Crippen molar-refractivity contribution < 1.29 is 4.74 Å². The lowest BCUT2D eigenvalue weighted by atomic mass is 10.2. The van der Waals surface area contributed by atoms with E-state index in [2.05, 4.69) is 28.2 Å². The van der Waals surface area contributed by atoms with Crippen LogP contribution < -0.4 is 10.1 Å². The molecule has 1 aromatic carbocycles. The maximum atomic E-state index is 5.61. The summed E-state index contributed by atoms with van der Waals surface area (Å²) < 4.78 is 6.56. The number of hydrogen-bond acceptors (Lipinski definition) is 6. The van der Waals surface area contributed by atoms with Crippen LogP contribution in [0.15, 0.2) is 41.3 Å². The van der Waals surface area contributed by atoms with Crippen LogP contribution in [0.25, 0.3) is 0 Å². The highest BCUT2D eigenvalue weighted by atomic mass is 32.2. The van der Waals surface area contributed by atoms with Crippen LogP contribution in [-0.2, 0) is 5.75 Å². The van der Waals surface area contributed by atoms with Gasteiger partial charge in [0, 0.05) is 17.9 Å². The third-order valence-corrected chi connectivity index (χ3v) is 4.49. The molecule has 1 heterocycles. The van der Waals surface area contributed by atoms with Gasteiger partial charge in [-0.1, -0.05) is 47.4 Å². The van der Waals surface area contributed by atoms with E-state index >= 15 is 0 Å². The Kier molecular flexibility index (Phi) is 5.88. The lowest BCUT2D eigenvalue weighted by molar-refractivity contribution is 0.337. The highest BCUT2D eigenvalue weighted by molar-refractivity contribution is 8.00. The van der Waals surface area contributed by atoms with E-state index in [1.54, 1.807) is 29.2 Å². The number of nitrogens with zero attached hydrogens (tertiary/aromatic N) is 2. The molecular formula is C14H17N3OS2. The van der Waals surface area contributed by atoms with Crippen LogP contribution in [0.2, 0.25) is 0 Å². The van der Waals surface area contributed by atoms with E-state index in [0.717, 1.165) is 21.0 Å². The van der Waals surface area contributed by atoms with Gasteiger partial charge in [-0.3, -0.25) is 0 Å². The van der Waals surface area contributed by atoms with Crippen molar-refractivity contribution in [1.29, 1.82) is 0 Å². The fourth-order valence-electron chi connectivity index (χ4n) is 1.56. The number of ether oxygens (including phenoxy) is 1. The molecule has 0 aliphatic carbocycles. The van der Waals surface area contributed by atoms with Gasteiger partial charge in [0.25, 0.3) is 0 Å². The van der Waals surface area contributed by atoms with Crippen LogP contribution in [0.1, 0.15) is 12.5 Å². The minimum absolute atomic E-state index is 0.677. The van der Waals surface area contributed by atoms with Crippen molar-refractivity contribution in [3.8, 4) is 5.75 Å². The van der Waals surface area contributed by atoms with E-state index in [4.69, 9.17) is 4.74 Å². The first-order valence-corrected chi connectivity index (χ1v) is 8.15. The zero-order valence-electron chi connectivity index (χ0n) is 11.3. The van der Waals surface area contributed by atoms with E-state index in [9.17, 15) is 0 Å². The Bertz CT molecular complexity index is 557. The van der Waals surface area contributed by atoms with E-state index < -0.39 is 0 Å². The molecular weight excluding hydrogens is 290 g/mol. The molecule has 1 N–H and O–H groups in total.